The molecule has 3 aromatic heterocycles. The van der Waals surface area contributed by atoms with Crippen LogP contribution in [-0.2, 0) is 4.74 Å². The van der Waals surface area contributed by atoms with Gasteiger partial charge in [-0.25, -0.2) is 18.9 Å². The molecule has 0 amide bonds. The number of fused-ring (bicyclic) bond motifs is 1. The van der Waals surface area contributed by atoms with Gasteiger partial charge in [-0.05, 0) is 6.42 Å². The zero-order valence-electron chi connectivity index (χ0n) is 13.7. The summed E-state index contributed by atoms with van der Waals surface area (Å²) in [5.41, 5.74) is -0.839. The number of rotatable bonds is 2. The Balaban J connectivity index is 1.62. The second-order valence-electron chi connectivity index (χ2n) is 6.89. The number of halogens is 1. The fourth-order valence-corrected chi connectivity index (χ4v) is 3.65. The molecule has 1 spiro atoms. The van der Waals surface area contributed by atoms with E-state index < -0.39 is 17.1 Å². The smallest absolute Gasteiger partial charge is 0.325 e. The highest BCUT2D eigenvalue weighted by Crippen LogP contribution is 2.40. The highest BCUT2D eigenvalue weighted by atomic mass is 19.1. The minimum Gasteiger partial charge on any atom is -0.380 e. The highest BCUT2D eigenvalue weighted by molar-refractivity contribution is 5.90. The molecule has 0 aromatic carbocycles. The van der Waals surface area contributed by atoms with Gasteiger partial charge in [0.1, 0.15) is 17.0 Å². The minimum atomic E-state index is -0.617. The fourth-order valence-electron chi connectivity index (χ4n) is 3.65. The maximum absolute atomic E-state index is 14.3. The topological polar surface area (TPSA) is 109 Å². The van der Waals surface area contributed by atoms with Gasteiger partial charge in [0.05, 0.1) is 24.8 Å². The zero-order chi connectivity index (χ0) is 17.9. The van der Waals surface area contributed by atoms with E-state index in [4.69, 9.17) is 4.74 Å². The van der Waals surface area contributed by atoms with Crippen molar-refractivity contribution in [1.29, 1.82) is 0 Å². The van der Waals surface area contributed by atoms with Crippen LogP contribution >= 0.6 is 0 Å². The number of pyridine rings is 1. The molecule has 0 saturated carbocycles. The third-order valence-electron chi connectivity index (χ3n) is 5.08. The highest BCUT2D eigenvalue weighted by Gasteiger charge is 2.45. The number of aromatic amines is 2. The molecule has 5 heterocycles. The van der Waals surface area contributed by atoms with Gasteiger partial charge >= 0.3 is 5.69 Å². The molecule has 0 aliphatic carbocycles. The number of aromatic nitrogens is 5. The number of nitrogens with zero attached hydrogens (tertiary/aromatic N) is 4. The number of anilines is 1. The van der Waals surface area contributed by atoms with Gasteiger partial charge in [-0.3, -0.25) is 9.78 Å². The number of ether oxygens (including phenoxy) is 1. The second kappa shape index (κ2) is 5.24. The first-order chi connectivity index (χ1) is 12.5. The van der Waals surface area contributed by atoms with E-state index in [0.717, 1.165) is 38.9 Å². The lowest BCUT2D eigenvalue weighted by molar-refractivity contribution is -0.0985. The molecule has 2 fully saturated rings. The minimum absolute atomic E-state index is 0.0939. The van der Waals surface area contributed by atoms with E-state index in [0.29, 0.717) is 11.2 Å². The molecule has 0 radical (unpaired) electrons. The van der Waals surface area contributed by atoms with Crippen LogP contribution in [0.2, 0.25) is 0 Å². The van der Waals surface area contributed by atoms with Gasteiger partial charge in [0.15, 0.2) is 5.82 Å². The predicted molar refractivity (Wildman–Crippen MR) is 90.1 cm³/mol. The molecule has 2 aliphatic heterocycles. The van der Waals surface area contributed by atoms with E-state index in [1.54, 1.807) is 6.20 Å². The standard InChI is InChI=1S/C16H15FN6O3/c17-10-3-18-13(22-2-1-16(6-22)7-26-8-16)9-5-23(21-12(9)10)11-4-19-15(25)20-14(11)24/h3-5H,1-2,6-8H2,(H2,19,20,24,25). The predicted octanol–water partition coefficient (Wildman–Crippen LogP) is 0.163. The fraction of sp³-hybridized carbons (Fsp3) is 0.375. The van der Waals surface area contributed by atoms with Crippen molar-refractivity contribution in [3.05, 3.63) is 45.2 Å². The van der Waals surface area contributed by atoms with Gasteiger partial charge in [-0.15, -0.1) is 0 Å². The van der Waals surface area contributed by atoms with Crippen molar-refractivity contribution in [1.82, 2.24) is 24.7 Å². The van der Waals surface area contributed by atoms with Crippen molar-refractivity contribution in [2.45, 2.75) is 6.42 Å². The van der Waals surface area contributed by atoms with Crippen LogP contribution in [0.25, 0.3) is 16.6 Å². The van der Waals surface area contributed by atoms with Gasteiger partial charge in [0.2, 0.25) is 0 Å². The second-order valence-corrected chi connectivity index (χ2v) is 6.89. The molecule has 2 N–H and O–H groups in total. The molecule has 26 heavy (non-hydrogen) atoms. The number of hydrogen-bond acceptors (Lipinski definition) is 6. The Morgan fingerprint density at radius 3 is 2.85 bits per heavy atom. The lowest BCUT2D eigenvalue weighted by Gasteiger charge is -2.37. The van der Waals surface area contributed by atoms with Gasteiger partial charge < -0.3 is 14.6 Å². The van der Waals surface area contributed by atoms with Crippen LogP contribution in [0.5, 0.6) is 0 Å². The third-order valence-corrected chi connectivity index (χ3v) is 5.08. The maximum Gasteiger partial charge on any atom is 0.325 e. The summed E-state index contributed by atoms with van der Waals surface area (Å²) in [7, 11) is 0. The summed E-state index contributed by atoms with van der Waals surface area (Å²) in [5.74, 6) is 0.0709. The van der Waals surface area contributed by atoms with Crippen LogP contribution in [0.15, 0.2) is 28.2 Å². The maximum atomic E-state index is 14.3. The first-order valence-electron chi connectivity index (χ1n) is 8.24. The molecule has 9 nitrogen and oxygen atoms in total. The molecular formula is C16H15FN6O3. The Morgan fingerprint density at radius 1 is 1.31 bits per heavy atom. The third kappa shape index (κ3) is 2.18. The van der Waals surface area contributed by atoms with Gasteiger partial charge in [-0.2, -0.15) is 5.10 Å². The van der Waals surface area contributed by atoms with Crippen LogP contribution in [0.4, 0.5) is 10.2 Å². The Bertz CT molecular complexity index is 1130. The number of nitrogens with one attached hydrogen (secondary N) is 2. The molecule has 3 aromatic rings. The molecule has 0 unspecified atom stereocenters. The summed E-state index contributed by atoms with van der Waals surface area (Å²) < 4.78 is 20.9. The molecule has 134 valence electrons. The lowest BCUT2D eigenvalue weighted by Crippen LogP contribution is -2.44. The molecule has 2 saturated heterocycles. The average molecular weight is 358 g/mol. The lowest BCUT2D eigenvalue weighted by atomic mass is 9.85. The first-order valence-corrected chi connectivity index (χ1v) is 8.24. The van der Waals surface area contributed by atoms with Gasteiger partial charge in [0.25, 0.3) is 5.56 Å². The van der Waals surface area contributed by atoms with E-state index in [-0.39, 0.29) is 16.6 Å². The molecule has 0 atom stereocenters. The van der Waals surface area contributed by atoms with E-state index >= 15 is 0 Å². The van der Waals surface area contributed by atoms with Crippen LogP contribution in [-0.4, -0.2) is 51.0 Å². The number of H-pyrrole nitrogens is 2. The van der Waals surface area contributed by atoms with Crippen LogP contribution < -0.4 is 16.1 Å². The Morgan fingerprint density at radius 2 is 2.15 bits per heavy atom. The quantitative estimate of drug-likeness (QED) is 0.676. The Kier molecular flexibility index (Phi) is 3.08. The zero-order valence-corrected chi connectivity index (χ0v) is 13.7. The van der Waals surface area contributed by atoms with Crippen LogP contribution in [0.1, 0.15) is 6.42 Å². The molecule has 5 rings (SSSR count). The monoisotopic (exact) mass is 358 g/mol. The van der Waals surface area contributed by atoms with Crippen molar-refractivity contribution < 1.29 is 9.13 Å². The van der Waals surface area contributed by atoms with Crippen molar-refractivity contribution in [2.75, 3.05) is 31.2 Å². The van der Waals surface area contributed by atoms with E-state index in [2.05, 4.69) is 25.0 Å². The van der Waals surface area contributed by atoms with Gasteiger partial charge in [-0.1, -0.05) is 0 Å². The SMILES string of the molecule is O=c1[nH]cc(-n2cc3c(N4CCC5(COC5)C4)ncc(F)c3n2)c(=O)[nH]1. The van der Waals surface area contributed by atoms with Crippen molar-refractivity contribution in [3.8, 4) is 5.69 Å². The van der Waals surface area contributed by atoms with E-state index in [1.807, 2.05) is 0 Å². The van der Waals surface area contributed by atoms with Gasteiger partial charge in [0, 0.05) is 30.9 Å². The number of hydrogen-bond donors (Lipinski definition) is 2. The Hall–Kier alpha value is -3.01. The van der Waals surface area contributed by atoms with Crippen molar-refractivity contribution >= 4 is 16.7 Å². The summed E-state index contributed by atoms with van der Waals surface area (Å²) in [5, 5.41) is 4.71. The van der Waals surface area contributed by atoms with E-state index in [9.17, 15) is 14.0 Å². The normalized spacial score (nSPS) is 18.6. The summed E-state index contributed by atoms with van der Waals surface area (Å²) in [4.78, 5) is 34.1. The molecule has 0 bridgehead atoms. The van der Waals surface area contributed by atoms with Crippen molar-refractivity contribution in [2.24, 2.45) is 5.41 Å². The summed E-state index contributed by atoms with van der Waals surface area (Å²) in [6.07, 6.45) is 4.95. The Labute approximate surface area is 145 Å². The molecular weight excluding hydrogens is 343 g/mol. The largest absolute Gasteiger partial charge is 0.380 e. The van der Waals surface area contributed by atoms with Crippen molar-refractivity contribution in [3.63, 3.8) is 0 Å². The molecule has 10 heteroatoms. The average Bonchev–Trinajstić information content (AvgIpc) is 3.20. The van der Waals surface area contributed by atoms with Crippen LogP contribution in [0.3, 0.4) is 0 Å². The van der Waals surface area contributed by atoms with Crippen LogP contribution in [0, 0.1) is 11.2 Å². The summed E-state index contributed by atoms with van der Waals surface area (Å²) in [6.45, 7) is 3.08. The molecule has 2 aliphatic rings. The first kappa shape index (κ1) is 15.3. The summed E-state index contributed by atoms with van der Waals surface area (Å²) in [6, 6.07) is 0. The van der Waals surface area contributed by atoms with E-state index in [1.165, 1.54) is 10.9 Å². The summed E-state index contributed by atoms with van der Waals surface area (Å²) >= 11 is 0.